The molecule has 0 aliphatic heterocycles. The molecule has 2 heteroatoms. The van der Waals surface area contributed by atoms with Crippen LogP contribution in [0.25, 0.3) is 0 Å². The molecule has 0 spiro atoms. The molecule has 0 heterocycles. The lowest BCUT2D eigenvalue weighted by molar-refractivity contribution is 0.0873. The van der Waals surface area contributed by atoms with Gasteiger partial charge in [0.15, 0.2) is 0 Å². The summed E-state index contributed by atoms with van der Waals surface area (Å²) in [7, 11) is 0. The lowest BCUT2D eigenvalue weighted by Crippen LogP contribution is -2.53. The van der Waals surface area contributed by atoms with Gasteiger partial charge in [-0.2, -0.15) is 0 Å². The second-order valence-corrected chi connectivity index (χ2v) is 5.36. The third-order valence-corrected chi connectivity index (χ3v) is 4.19. The minimum Gasteiger partial charge on any atom is -0.395 e. The van der Waals surface area contributed by atoms with Crippen LogP contribution in [0, 0.1) is 0 Å². The Bertz CT molecular complexity index is 444. The van der Waals surface area contributed by atoms with Crippen LogP contribution in [0.3, 0.4) is 0 Å². The fourth-order valence-corrected chi connectivity index (χ4v) is 2.83. The van der Waals surface area contributed by atoms with Gasteiger partial charge >= 0.3 is 0 Å². The highest BCUT2D eigenvalue weighted by atomic mass is 16.3. The average Bonchev–Trinajstić information content (AvgIpc) is 2.62. The van der Waals surface area contributed by atoms with Gasteiger partial charge in [0.25, 0.3) is 0 Å². The molecule has 0 atom stereocenters. The molecule has 2 nitrogen and oxygen atoms in total. The van der Waals surface area contributed by atoms with Crippen molar-refractivity contribution in [2.75, 3.05) is 13.2 Å². The summed E-state index contributed by atoms with van der Waals surface area (Å²) >= 11 is 0. The highest BCUT2D eigenvalue weighted by Crippen LogP contribution is 2.43. The normalized spacial score (nSPS) is 22.7. The molecule has 1 aromatic rings. The Morgan fingerprint density at radius 3 is 2.22 bits per heavy atom. The first-order valence-electron chi connectivity index (χ1n) is 8.91. The average molecular weight is 318 g/mol. The Labute approximate surface area is 143 Å². The molecule has 0 radical (unpaired) electrons. The van der Waals surface area contributed by atoms with E-state index in [0.717, 1.165) is 19.4 Å². The number of allylic oxidation sites excluding steroid dienone is 1. The third kappa shape index (κ3) is 5.96. The van der Waals surface area contributed by atoms with E-state index in [1.165, 1.54) is 11.1 Å². The largest absolute Gasteiger partial charge is 0.395 e. The van der Waals surface area contributed by atoms with Crippen LogP contribution in [-0.4, -0.2) is 24.3 Å². The van der Waals surface area contributed by atoms with Gasteiger partial charge in [-0.3, -0.25) is 0 Å². The molecular formula is C21H35NO. The van der Waals surface area contributed by atoms with E-state index in [2.05, 4.69) is 30.1 Å². The van der Waals surface area contributed by atoms with E-state index in [9.17, 15) is 5.11 Å². The zero-order chi connectivity index (χ0) is 17.7. The molecular weight excluding hydrogens is 282 g/mol. The van der Waals surface area contributed by atoms with Gasteiger partial charge in [0.05, 0.1) is 6.61 Å². The van der Waals surface area contributed by atoms with Crippen LogP contribution in [0.2, 0.25) is 0 Å². The predicted octanol–water partition coefficient (Wildman–Crippen LogP) is 4.85. The lowest BCUT2D eigenvalue weighted by atomic mass is 9.62. The van der Waals surface area contributed by atoms with E-state index in [0.29, 0.717) is 6.04 Å². The summed E-state index contributed by atoms with van der Waals surface area (Å²) in [6, 6.07) is 10.8. The topological polar surface area (TPSA) is 32.3 Å². The van der Waals surface area contributed by atoms with Crippen molar-refractivity contribution in [2.45, 2.75) is 58.9 Å². The molecule has 0 bridgehead atoms. The highest BCUT2D eigenvalue weighted by molar-refractivity contribution is 5.30. The molecule has 0 unspecified atom stereocenters. The quantitative estimate of drug-likeness (QED) is 0.735. The third-order valence-electron chi connectivity index (χ3n) is 4.19. The van der Waals surface area contributed by atoms with Crippen molar-refractivity contribution >= 4 is 0 Å². The molecule has 1 fully saturated rings. The van der Waals surface area contributed by atoms with Gasteiger partial charge < -0.3 is 10.4 Å². The van der Waals surface area contributed by atoms with Gasteiger partial charge in [0, 0.05) is 18.0 Å². The summed E-state index contributed by atoms with van der Waals surface area (Å²) in [6.45, 7) is 14.9. The Morgan fingerprint density at radius 2 is 1.78 bits per heavy atom. The van der Waals surface area contributed by atoms with Crippen molar-refractivity contribution < 1.29 is 5.11 Å². The summed E-state index contributed by atoms with van der Waals surface area (Å²) in [6.07, 6.45) is 5.97. The fourth-order valence-electron chi connectivity index (χ4n) is 2.83. The monoisotopic (exact) mass is 317 g/mol. The van der Waals surface area contributed by atoms with E-state index in [1.807, 2.05) is 58.9 Å². The van der Waals surface area contributed by atoms with E-state index >= 15 is 0 Å². The molecule has 1 aliphatic carbocycles. The van der Waals surface area contributed by atoms with Crippen molar-refractivity contribution in [3.63, 3.8) is 0 Å². The van der Waals surface area contributed by atoms with Crippen LogP contribution < -0.4 is 5.32 Å². The van der Waals surface area contributed by atoms with Crippen LogP contribution >= 0.6 is 0 Å². The summed E-state index contributed by atoms with van der Waals surface area (Å²) in [4.78, 5) is 0. The van der Waals surface area contributed by atoms with Crippen molar-refractivity contribution in [3.8, 4) is 0 Å². The Kier molecular flexibility index (Phi) is 11.4. The SMILES string of the molecule is C=C/C(=C\C)CNC1CC(CO)(c2ccccc2)C1.CC.CC. The molecule has 0 amide bonds. The minimum atomic E-state index is -0.0385. The maximum atomic E-state index is 9.72. The van der Waals surface area contributed by atoms with Crippen LogP contribution in [0.1, 0.15) is 53.0 Å². The summed E-state index contributed by atoms with van der Waals surface area (Å²) in [5, 5.41) is 13.3. The van der Waals surface area contributed by atoms with Crippen LogP contribution in [0.4, 0.5) is 0 Å². The zero-order valence-corrected chi connectivity index (χ0v) is 15.6. The standard InChI is InChI=1S/C17H23NO.2C2H6/c1-3-14(4-2)12-18-16-10-17(11-16,13-19)15-8-6-5-7-9-15;2*1-2/h3-9,16,18-19H,1,10-13H2,2H3;2*1-2H3/b14-4+;;. The van der Waals surface area contributed by atoms with Crippen LogP contribution in [-0.2, 0) is 5.41 Å². The minimum absolute atomic E-state index is 0.0385. The van der Waals surface area contributed by atoms with Crippen LogP contribution in [0.5, 0.6) is 0 Å². The Hall–Kier alpha value is -1.38. The number of rotatable bonds is 6. The summed E-state index contributed by atoms with van der Waals surface area (Å²) in [5.74, 6) is 0. The summed E-state index contributed by atoms with van der Waals surface area (Å²) < 4.78 is 0. The van der Waals surface area contributed by atoms with E-state index < -0.39 is 0 Å². The van der Waals surface area contributed by atoms with Crippen molar-refractivity contribution in [1.82, 2.24) is 5.32 Å². The number of nitrogens with one attached hydrogen (secondary N) is 1. The molecule has 1 aliphatic rings. The molecule has 0 aromatic heterocycles. The molecule has 2 N–H and O–H groups in total. The van der Waals surface area contributed by atoms with Crippen LogP contribution in [0.15, 0.2) is 54.6 Å². The first-order valence-corrected chi connectivity index (χ1v) is 8.91. The number of aliphatic hydroxyl groups excluding tert-OH is 1. The van der Waals surface area contributed by atoms with Crippen molar-refractivity contribution in [1.29, 1.82) is 0 Å². The second kappa shape index (κ2) is 12.1. The first kappa shape index (κ1) is 21.6. The molecule has 0 saturated heterocycles. The zero-order valence-electron chi connectivity index (χ0n) is 15.6. The first-order chi connectivity index (χ1) is 11.2. The fraction of sp³-hybridized carbons (Fsp3) is 0.524. The maximum absolute atomic E-state index is 9.72. The second-order valence-electron chi connectivity index (χ2n) is 5.36. The Morgan fingerprint density at radius 1 is 1.22 bits per heavy atom. The number of hydrogen-bond donors (Lipinski definition) is 2. The van der Waals surface area contributed by atoms with Gasteiger partial charge in [-0.05, 0) is 30.9 Å². The molecule has 130 valence electrons. The van der Waals surface area contributed by atoms with Crippen molar-refractivity contribution in [3.05, 3.63) is 60.2 Å². The number of aliphatic hydroxyl groups is 1. The van der Waals surface area contributed by atoms with E-state index in [1.54, 1.807) is 0 Å². The van der Waals surface area contributed by atoms with Crippen molar-refractivity contribution in [2.24, 2.45) is 0 Å². The summed E-state index contributed by atoms with van der Waals surface area (Å²) in [5.41, 5.74) is 2.44. The highest BCUT2D eigenvalue weighted by Gasteiger charge is 2.44. The lowest BCUT2D eigenvalue weighted by Gasteiger charge is -2.47. The van der Waals surface area contributed by atoms with E-state index in [-0.39, 0.29) is 12.0 Å². The molecule has 1 aromatic carbocycles. The van der Waals surface area contributed by atoms with Gasteiger partial charge in [-0.25, -0.2) is 0 Å². The van der Waals surface area contributed by atoms with Gasteiger partial charge in [-0.1, -0.05) is 76.8 Å². The predicted molar refractivity (Wildman–Crippen MR) is 103 cm³/mol. The molecule has 23 heavy (non-hydrogen) atoms. The number of hydrogen-bond acceptors (Lipinski definition) is 2. The molecule has 1 saturated carbocycles. The Balaban J connectivity index is 0.00000112. The molecule has 2 rings (SSSR count). The smallest absolute Gasteiger partial charge is 0.0529 e. The van der Waals surface area contributed by atoms with Gasteiger partial charge in [0.1, 0.15) is 0 Å². The van der Waals surface area contributed by atoms with Gasteiger partial charge in [0.2, 0.25) is 0 Å². The number of benzene rings is 1. The van der Waals surface area contributed by atoms with E-state index in [4.69, 9.17) is 0 Å². The maximum Gasteiger partial charge on any atom is 0.0529 e. The van der Waals surface area contributed by atoms with Gasteiger partial charge in [-0.15, -0.1) is 0 Å².